The summed E-state index contributed by atoms with van der Waals surface area (Å²) >= 11 is 2.32. The first-order valence-electron chi connectivity index (χ1n) is 17.6. The summed E-state index contributed by atoms with van der Waals surface area (Å²) in [4.78, 5) is 93.9. The maximum atomic E-state index is 13.9. The fraction of sp³-hybridized carbons (Fsp3) is 0.429. The first-order chi connectivity index (χ1) is 26.4. The third kappa shape index (κ3) is 6.68. The van der Waals surface area contributed by atoms with Gasteiger partial charge in [-0.05, 0) is 26.8 Å². The van der Waals surface area contributed by atoms with Gasteiger partial charge in [0.15, 0.2) is 22.3 Å². The van der Waals surface area contributed by atoms with Crippen LogP contribution >= 0.6 is 23.1 Å². The number of piperidine rings is 1. The SMILES string of the molecule is C[C@@H]1S[C@@H]2[C@H](NC(=O)C(=NOC(C)(C)C(=O)O)c3csc(N)n3)C(=O)N2C(C(=O)O)=C1C[N+]12CCC(CC1)N(C(=O)c1c[nH]c3cc(O)c(O)cc3c1=O)CC2. The number of hydrogen-bond acceptors (Lipinski definition) is 14. The van der Waals surface area contributed by atoms with E-state index >= 15 is 0 Å². The number of thioether (sulfide) groups is 1. The number of amides is 3. The summed E-state index contributed by atoms with van der Waals surface area (Å²) in [5.74, 6) is -5.55. The Balaban J connectivity index is 1.09. The number of nitrogens with zero attached hydrogens (tertiary/aromatic N) is 5. The molecule has 8 rings (SSSR count). The topological polar surface area (TPSA) is 278 Å². The van der Waals surface area contributed by atoms with Crippen LogP contribution in [0.4, 0.5) is 5.13 Å². The number of carbonyl (C=O) groups excluding carboxylic acids is 3. The van der Waals surface area contributed by atoms with Crippen molar-refractivity contribution in [2.45, 2.75) is 61.9 Å². The van der Waals surface area contributed by atoms with E-state index in [2.05, 4.69) is 20.4 Å². The second-order valence-electron chi connectivity index (χ2n) is 14.7. The van der Waals surface area contributed by atoms with Crippen molar-refractivity contribution in [2.24, 2.45) is 5.16 Å². The lowest BCUT2D eigenvalue weighted by atomic mass is 9.97. The van der Waals surface area contributed by atoms with E-state index in [1.807, 2.05) is 6.92 Å². The van der Waals surface area contributed by atoms with Gasteiger partial charge in [-0.1, -0.05) is 5.16 Å². The summed E-state index contributed by atoms with van der Waals surface area (Å²) < 4.78 is 0.467. The molecule has 8 N–H and O–H groups in total. The number of nitrogen functional groups attached to an aromatic ring is 1. The summed E-state index contributed by atoms with van der Waals surface area (Å²) in [6.07, 6.45) is 2.51. The molecule has 1 aromatic carbocycles. The van der Waals surface area contributed by atoms with Crippen molar-refractivity contribution in [3.63, 3.8) is 0 Å². The van der Waals surface area contributed by atoms with Crippen molar-refractivity contribution in [3.05, 3.63) is 56.5 Å². The summed E-state index contributed by atoms with van der Waals surface area (Å²) in [7, 11) is 0. The molecule has 5 aliphatic heterocycles. The summed E-state index contributed by atoms with van der Waals surface area (Å²) in [5, 5.41) is 46.6. The standard InChI is InChI=1S/C35H38N8O11S2/c1-15-19(13-43-7-4-16(5-8-43)41(6-9-43)29(48)18-12-37-20-11-23(45)22(44)10-17(20)27(18)46)26(32(50)51)42-30(49)25(31(42)56-15)39-28(47)24(21-14-55-34(36)38-21)40-54-35(2,3)33(52)53/h10-12,14-16,25,31H,4-9,13H2,1-3H3,(H7-,36,37,38,39,40,44,45,46,47,48,50,51,52,53)/p+1/t15-,16?,25+,31+,43?/m0/s1. The predicted molar refractivity (Wildman–Crippen MR) is 202 cm³/mol. The number of oxime groups is 1. The van der Waals surface area contributed by atoms with Gasteiger partial charge in [0.2, 0.25) is 11.0 Å². The summed E-state index contributed by atoms with van der Waals surface area (Å²) in [5.41, 5.74) is 3.50. The second kappa shape index (κ2) is 14.1. The number of hydrogen-bond donors (Lipinski definition) is 7. The Bertz CT molecular complexity index is 2310. The number of H-pyrrole nitrogens is 1. The van der Waals surface area contributed by atoms with Crippen LogP contribution in [0.1, 0.15) is 49.7 Å². The highest BCUT2D eigenvalue weighted by molar-refractivity contribution is 8.00. The molecule has 4 saturated heterocycles. The number of aromatic nitrogens is 2. The highest BCUT2D eigenvalue weighted by Gasteiger charge is 2.57. The Morgan fingerprint density at radius 3 is 2.46 bits per heavy atom. The van der Waals surface area contributed by atoms with E-state index in [-0.39, 0.29) is 44.3 Å². The number of nitrogens with two attached hydrogens (primary N) is 1. The van der Waals surface area contributed by atoms with Crippen LogP contribution in [0.2, 0.25) is 0 Å². The van der Waals surface area contributed by atoms with E-state index < -0.39 is 69.3 Å². The molecule has 3 atom stereocenters. The number of quaternary nitrogens is 1. The number of thiazole rings is 1. The van der Waals surface area contributed by atoms with Gasteiger partial charge >= 0.3 is 11.9 Å². The molecule has 19 nitrogen and oxygen atoms in total. The van der Waals surface area contributed by atoms with Crippen LogP contribution in [0.3, 0.4) is 0 Å². The number of phenolic OH excluding ortho intramolecular Hbond substituents is 2. The van der Waals surface area contributed by atoms with Gasteiger partial charge in [-0.25, -0.2) is 14.6 Å². The summed E-state index contributed by atoms with van der Waals surface area (Å²) in [6, 6.07) is 1.02. The van der Waals surface area contributed by atoms with E-state index in [4.69, 9.17) is 10.6 Å². The van der Waals surface area contributed by atoms with Crippen LogP contribution in [0.5, 0.6) is 11.5 Å². The number of phenols is 2. The third-order valence-corrected chi connectivity index (χ3v) is 13.0. The van der Waals surface area contributed by atoms with Crippen molar-refractivity contribution in [3.8, 4) is 11.5 Å². The zero-order chi connectivity index (χ0) is 40.4. The fourth-order valence-corrected chi connectivity index (χ4v) is 9.62. The molecule has 4 fully saturated rings. The molecular weight excluding hydrogens is 773 g/mol. The molecule has 56 heavy (non-hydrogen) atoms. The van der Waals surface area contributed by atoms with Gasteiger partial charge in [-0.2, -0.15) is 0 Å². The molecule has 7 heterocycles. The lowest BCUT2D eigenvalue weighted by Gasteiger charge is -2.52. The number of aromatic hydroxyl groups is 2. The van der Waals surface area contributed by atoms with Crippen molar-refractivity contribution in [1.29, 1.82) is 0 Å². The van der Waals surface area contributed by atoms with Gasteiger partial charge < -0.3 is 50.7 Å². The molecule has 0 spiro atoms. The first kappa shape index (κ1) is 38.6. The maximum Gasteiger partial charge on any atom is 0.352 e. The Morgan fingerprint density at radius 2 is 1.82 bits per heavy atom. The Hall–Kier alpha value is -5.67. The minimum absolute atomic E-state index is 0.00574. The number of carbonyl (C=O) groups is 5. The van der Waals surface area contributed by atoms with Crippen LogP contribution in [-0.2, 0) is 24.0 Å². The lowest BCUT2D eigenvalue weighted by Crippen LogP contribution is -2.72. The maximum absolute atomic E-state index is 13.9. The Labute approximate surface area is 326 Å². The van der Waals surface area contributed by atoms with Crippen molar-refractivity contribution >= 4 is 74.5 Å². The highest BCUT2D eigenvalue weighted by Crippen LogP contribution is 2.45. The highest BCUT2D eigenvalue weighted by atomic mass is 32.2. The second-order valence-corrected chi connectivity index (χ2v) is 17.1. The van der Waals surface area contributed by atoms with Crippen LogP contribution in [0, 0.1) is 0 Å². The molecule has 2 aromatic heterocycles. The number of aliphatic carboxylic acids is 2. The zero-order valence-corrected chi connectivity index (χ0v) is 32.0. The normalized spacial score (nSPS) is 25.1. The van der Waals surface area contributed by atoms with Gasteiger partial charge in [-0.3, -0.25) is 24.1 Å². The fourth-order valence-electron chi connectivity index (χ4n) is 7.63. The predicted octanol–water partition coefficient (Wildman–Crippen LogP) is 0.824. The minimum Gasteiger partial charge on any atom is -0.504 e. The summed E-state index contributed by atoms with van der Waals surface area (Å²) in [6.45, 7) is 6.63. The van der Waals surface area contributed by atoms with Crippen LogP contribution in [-0.4, -0.2) is 141 Å². The van der Waals surface area contributed by atoms with Gasteiger partial charge in [0.05, 0.1) is 37.1 Å². The number of nitrogens with one attached hydrogen (secondary N) is 2. The number of anilines is 1. The van der Waals surface area contributed by atoms with Gasteiger partial charge in [-0.15, -0.1) is 23.1 Å². The Kier molecular flexibility index (Phi) is 9.73. The molecule has 2 bridgehead atoms. The first-order valence-corrected chi connectivity index (χ1v) is 19.4. The van der Waals surface area contributed by atoms with Gasteiger partial charge in [0, 0.05) is 47.3 Å². The number of aromatic amines is 1. The van der Waals surface area contributed by atoms with Crippen LogP contribution in [0.15, 0.2) is 44.9 Å². The number of pyridine rings is 1. The van der Waals surface area contributed by atoms with Crippen LogP contribution in [0.25, 0.3) is 10.9 Å². The molecule has 5 aliphatic rings. The molecule has 3 amide bonds. The number of carboxylic acid groups (broad SMARTS) is 2. The molecular formula is C35H39N8O11S2+. The van der Waals surface area contributed by atoms with Crippen LogP contribution < -0.4 is 16.5 Å². The van der Waals surface area contributed by atoms with Crippen molar-refractivity contribution in [1.82, 2.24) is 25.1 Å². The number of benzene rings is 1. The van der Waals surface area contributed by atoms with E-state index in [0.717, 1.165) is 17.4 Å². The molecule has 0 aliphatic carbocycles. The number of rotatable bonds is 10. The molecule has 0 saturated carbocycles. The molecule has 0 unspecified atom stereocenters. The number of fused-ring (bicyclic) bond motifs is 6. The molecule has 21 heteroatoms. The van der Waals surface area contributed by atoms with E-state index in [0.29, 0.717) is 55.6 Å². The molecule has 3 aromatic rings. The Morgan fingerprint density at radius 1 is 1.12 bits per heavy atom. The zero-order valence-electron chi connectivity index (χ0n) is 30.3. The lowest BCUT2D eigenvalue weighted by molar-refractivity contribution is -0.925. The van der Waals surface area contributed by atoms with E-state index in [9.17, 15) is 49.2 Å². The van der Waals surface area contributed by atoms with Crippen molar-refractivity contribution < 1.29 is 53.7 Å². The average Bonchev–Trinajstić information content (AvgIpc) is 3.39. The quantitative estimate of drug-likeness (QED) is 0.0491. The number of β-lactam (4-membered cyclic amide) rings is 1. The van der Waals surface area contributed by atoms with E-state index in [1.54, 1.807) is 4.90 Å². The van der Waals surface area contributed by atoms with Crippen molar-refractivity contribution in [2.75, 3.05) is 38.5 Å². The monoisotopic (exact) mass is 811 g/mol. The number of carboxylic acids is 2. The van der Waals surface area contributed by atoms with E-state index in [1.165, 1.54) is 48.2 Å². The van der Waals surface area contributed by atoms with Gasteiger partial charge in [0.25, 0.3) is 17.7 Å². The van der Waals surface area contributed by atoms with Gasteiger partial charge in [0.1, 0.15) is 34.9 Å². The molecule has 296 valence electrons. The smallest absolute Gasteiger partial charge is 0.352 e. The average molecular weight is 812 g/mol. The minimum atomic E-state index is -1.81. The largest absolute Gasteiger partial charge is 0.504 e. The third-order valence-electron chi connectivity index (χ3n) is 10.9. The molecule has 0 radical (unpaired) electrons.